The van der Waals surface area contributed by atoms with Gasteiger partial charge in [-0.25, -0.2) is 9.69 Å². The Balaban J connectivity index is 1.56. The Bertz CT molecular complexity index is 1470. The van der Waals surface area contributed by atoms with Crippen molar-refractivity contribution in [3.63, 3.8) is 0 Å². The van der Waals surface area contributed by atoms with E-state index in [2.05, 4.69) is 4.98 Å². The van der Waals surface area contributed by atoms with Crippen LogP contribution in [-0.2, 0) is 19.1 Å². The first-order valence-electron chi connectivity index (χ1n) is 11.2. The number of ether oxygens (including phenoxy) is 2. The lowest BCUT2D eigenvalue weighted by atomic mass is 9.82. The predicted octanol–water partition coefficient (Wildman–Crippen LogP) is 3.08. The Morgan fingerprint density at radius 1 is 1.11 bits per heavy atom. The van der Waals surface area contributed by atoms with E-state index >= 15 is 0 Å². The number of rotatable bonds is 7. The molecule has 2 aliphatic heterocycles. The molecule has 0 bridgehead atoms. The van der Waals surface area contributed by atoms with Crippen molar-refractivity contribution in [1.29, 1.82) is 0 Å². The zero-order valence-corrected chi connectivity index (χ0v) is 20.9. The number of anilines is 1. The lowest BCUT2D eigenvalue weighted by molar-refractivity contribution is -0.384. The monoisotopic (exact) mass is 541 g/mol. The molecule has 1 fully saturated rings. The maximum atomic E-state index is 13.8. The van der Waals surface area contributed by atoms with Gasteiger partial charge in [-0.2, -0.15) is 0 Å². The van der Waals surface area contributed by atoms with Crippen molar-refractivity contribution in [3.05, 3.63) is 78.8 Å². The second kappa shape index (κ2) is 9.82. The number of thioether (sulfide) groups is 1. The van der Waals surface area contributed by atoms with Crippen molar-refractivity contribution in [2.45, 2.75) is 23.1 Å². The number of nitrogens with zero attached hydrogens (tertiary/aromatic N) is 2. The summed E-state index contributed by atoms with van der Waals surface area (Å²) in [7, 11) is 0. The van der Waals surface area contributed by atoms with E-state index in [1.54, 1.807) is 31.2 Å². The minimum Gasteiger partial charge on any atom is -0.482 e. The lowest BCUT2D eigenvalue weighted by Crippen LogP contribution is -2.32. The van der Waals surface area contributed by atoms with E-state index in [9.17, 15) is 29.3 Å². The third-order valence-electron chi connectivity index (χ3n) is 6.05. The number of non-ortho nitro benzene ring substituents is 1. The SMILES string of the molecule is CCOC(=O)COc1ccccc1[C@H]1c2sc(=O)[nH]c2SC2C(=O)N(c3ccc([N+](=O)[O-])cc3)C(=O)C21. The molecule has 0 aliphatic carbocycles. The molecule has 2 unspecified atom stereocenters. The fourth-order valence-corrected chi connectivity index (χ4v) is 7.04. The van der Waals surface area contributed by atoms with E-state index in [1.807, 2.05) is 0 Å². The zero-order valence-electron chi connectivity index (χ0n) is 19.2. The summed E-state index contributed by atoms with van der Waals surface area (Å²) in [6, 6.07) is 12.0. The van der Waals surface area contributed by atoms with Gasteiger partial charge in [0, 0.05) is 28.5 Å². The van der Waals surface area contributed by atoms with E-state index in [0.29, 0.717) is 21.2 Å². The second-order valence-corrected chi connectivity index (χ2v) is 10.3. The normalized spacial score (nSPS) is 20.4. The van der Waals surface area contributed by atoms with Gasteiger partial charge in [0.05, 0.1) is 28.2 Å². The summed E-state index contributed by atoms with van der Waals surface area (Å²) in [5.74, 6) is -2.79. The quantitative estimate of drug-likeness (QED) is 0.206. The summed E-state index contributed by atoms with van der Waals surface area (Å²) in [5, 5.41) is 10.7. The first-order valence-corrected chi connectivity index (χ1v) is 12.9. The maximum absolute atomic E-state index is 13.8. The number of esters is 1. The Labute approximate surface area is 217 Å². The van der Waals surface area contributed by atoms with Crippen LogP contribution in [0.1, 0.15) is 23.3 Å². The van der Waals surface area contributed by atoms with E-state index in [4.69, 9.17) is 9.47 Å². The molecule has 3 atom stereocenters. The van der Waals surface area contributed by atoms with Gasteiger partial charge in [-0.15, -0.1) is 0 Å². The van der Waals surface area contributed by atoms with Gasteiger partial charge in [-0.3, -0.25) is 24.5 Å². The van der Waals surface area contributed by atoms with Gasteiger partial charge in [-0.1, -0.05) is 41.3 Å². The fourth-order valence-electron chi connectivity index (χ4n) is 4.54. The number of aromatic amines is 1. The number of fused-ring (bicyclic) bond motifs is 2. The number of H-pyrrole nitrogens is 1. The molecular formula is C24H19N3O8S2. The number of nitro benzene ring substituents is 1. The first kappa shape index (κ1) is 24.7. The molecule has 5 rings (SSSR count). The number of carbonyl (C=O) groups is 3. The number of nitro groups is 1. The molecule has 0 spiro atoms. The minimum absolute atomic E-state index is 0.167. The smallest absolute Gasteiger partial charge is 0.344 e. The molecule has 1 N–H and O–H groups in total. The third kappa shape index (κ3) is 4.40. The third-order valence-corrected chi connectivity index (χ3v) is 8.45. The van der Waals surface area contributed by atoms with Crippen LogP contribution in [0.25, 0.3) is 0 Å². The van der Waals surface area contributed by atoms with Crippen LogP contribution in [0.15, 0.2) is 58.4 Å². The average Bonchev–Trinajstić information content (AvgIpc) is 3.37. The van der Waals surface area contributed by atoms with Crippen molar-refractivity contribution in [2.75, 3.05) is 18.1 Å². The summed E-state index contributed by atoms with van der Waals surface area (Å²) in [5.41, 5.74) is 0.600. The van der Waals surface area contributed by atoms with Crippen molar-refractivity contribution < 1.29 is 28.8 Å². The largest absolute Gasteiger partial charge is 0.482 e. The van der Waals surface area contributed by atoms with Gasteiger partial charge in [-0.05, 0) is 25.1 Å². The van der Waals surface area contributed by atoms with Crippen LogP contribution in [-0.4, -0.2) is 46.2 Å². The summed E-state index contributed by atoms with van der Waals surface area (Å²) in [6.07, 6.45) is 0. The number of thiazole rings is 1. The molecule has 2 aromatic carbocycles. The minimum atomic E-state index is -0.876. The van der Waals surface area contributed by atoms with Gasteiger partial charge in [0.2, 0.25) is 11.8 Å². The number of aromatic nitrogens is 1. The van der Waals surface area contributed by atoms with E-state index < -0.39 is 39.8 Å². The number of para-hydroxylation sites is 1. The molecule has 190 valence electrons. The van der Waals surface area contributed by atoms with Crippen LogP contribution in [0.4, 0.5) is 11.4 Å². The molecule has 3 aromatic rings. The molecule has 0 saturated carbocycles. The summed E-state index contributed by atoms with van der Waals surface area (Å²) < 4.78 is 10.7. The predicted molar refractivity (Wildman–Crippen MR) is 134 cm³/mol. The number of benzene rings is 2. The van der Waals surface area contributed by atoms with Crippen molar-refractivity contribution in [3.8, 4) is 5.75 Å². The average molecular weight is 542 g/mol. The van der Waals surface area contributed by atoms with Crippen LogP contribution in [0, 0.1) is 16.0 Å². The van der Waals surface area contributed by atoms with Gasteiger partial charge < -0.3 is 14.5 Å². The van der Waals surface area contributed by atoms with Crippen LogP contribution in [0.5, 0.6) is 5.75 Å². The van der Waals surface area contributed by atoms with Gasteiger partial charge in [0.25, 0.3) is 5.69 Å². The summed E-state index contributed by atoms with van der Waals surface area (Å²) in [4.78, 5) is 66.0. The van der Waals surface area contributed by atoms with Crippen LogP contribution in [0.3, 0.4) is 0 Å². The van der Waals surface area contributed by atoms with Crippen molar-refractivity contribution >= 4 is 52.3 Å². The first-order chi connectivity index (χ1) is 17.8. The molecule has 3 heterocycles. The lowest BCUT2D eigenvalue weighted by Gasteiger charge is -2.30. The Morgan fingerprint density at radius 2 is 1.84 bits per heavy atom. The number of carbonyl (C=O) groups excluding carboxylic acids is 3. The molecular weight excluding hydrogens is 522 g/mol. The van der Waals surface area contributed by atoms with Gasteiger partial charge in [0.1, 0.15) is 11.0 Å². The molecule has 2 amide bonds. The number of nitrogens with one attached hydrogen (secondary N) is 1. The summed E-state index contributed by atoms with van der Waals surface area (Å²) >= 11 is 2.07. The highest BCUT2D eigenvalue weighted by molar-refractivity contribution is 8.00. The van der Waals surface area contributed by atoms with Crippen molar-refractivity contribution in [2.24, 2.45) is 5.92 Å². The van der Waals surface area contributed by atoms with Gasteiger partial charge >= 0.3 is 10.8 Å². The highest BCUT2D eigenvalue weighted by atomic mass is 32.2. The molecule has 11 nitrogen and oxygen atoms in total. The molecule has 13 heteroatoms. The molecule has 37 heavy (non-hydrogen) atoms. The van der Waals surface area contributed by atoms with E-state index in [-0.39, 0.29) is 29.5 Å². The number of hydrogen-bond donors (Lipinski definition) is 1. The van der Waals surface area contributed by atoms with E-state index in [0.717, 1.165) is 28.0 Å². The molecule has 0 radical (unpaired) electrons. The van der Waals surface area contributed by atoms with Crippen LogP contribution >= 0.6 is 23.1 Å². The van der Waals surface area contributed by atoms with E-state index in [1.165, 1.54) is 24.3 Å². The Hall–Kier alpha value is -3.97. The van der Waals surface area contributed by atoms with Gasteiger partial charge in [0.15, 0.2) is 6.61 Å². The number of imide groups is 1. The number of hydrogen-bond acceptors (Lipinski definition) is 10. The highest BCUT2D eigenvalue weighted by Gasteiger charge is 2.56. The van der Waals surface area contributed by atoms with Crippen molar-refractivity contribution in [1.82, 2.24) is 4.98 Å². The fraction of sp³-hybridized carbons (Fsp3) is 0.250. The molecule has 1 aromatic heterocycles. The van der Waals surface area contributed by atoms with Crippen LogP contribution in [0.2, 0.25) is 0 Å². The Morgan fingerprint density at radius 3 is 2.54 bits per heavy atom. The topological polar surface area (TPSA) is 149 Å². The Kier molecular flexibility index (Phi) is 6.56. The standard InChI is InChI=1S/C24H19N3O8S2/c1-2-34-16(28)11-35-15-6-4-3-5-14(15)17-18-20(36-21-19(17)37-24(31)25-21)23(30)26(22(18)29)12-7-9-13(10-8-12)27(32)33/h3-10,17-18,20H,2,11H2,1H3,(H,25,31)/t17-,18?,20?/m1/s1. The highest BCUT2D eigenvalue weighted by Crippen LogP contribution is 2.54. The number of amides is 2. The molecule has 2 aliphatic rings. The van der Waals surface area contributed by atoms with Crippen LogP contribution < -0.4 is 14.5 Å². The second-order valence-electron chi connectivity index (χ2n) is 8.17. The molecule has 1 saturated heterocycles. The zero-order chi connectivity index (χ0) is 26.3. The summed E-state index contributed by atoms with van der Waals surface area (Å²) in [6.45, 7) is 1.53. The maximum Gasteiger partial charge on any atom is 0.344 e.